The van der Waals surface area contributed by atoms with Crippen LogP contribution in [0.3, 0.4) is 0 Å². The lowest BCUT2D eigenvalue weighted by molar-refractivity contribution is 0.408. The highest BCUT2D eigenvalue weighted by Crippen LogP contribution is 2.25. The van der Waals surface area contributed by atoms with Gasteiger partial charge in [-0.1, -0.05) is 23.7 Å². The summed E-state index contributed by atoms with van der Waals surface area (Å²) in [4.78, 5) is 17.1. The summed E-state index contributed by atoms with van der Waals surface area (Å²) < 4.78 is 12.5. The third kappa shape index (κ3) is 2.34. The molecule has 0 radical (unpaired) electrons. The predicted octanol–water partition coefficient (Wildman–Crippen LogP) is 3.85. The first-order valence-corrected chi connectivity index (χ1v) is 7.74. The third-order valence-corrected chi connectivity index (χ3v) is 4.17. The first kappa shape index (κ1) is 14.8. The van der Waals surface area contributed by atoms with Crippen molar-refractivity contribution < 1.29 is 9.15 Å². The van der Waals surface area contributed by atoms with Gasteiger partial charge in [-0.15, -0.1) is 0 Å². The van der Waals surface area contributed by atoms with Crippen LogP contribution >= 0.6 is 11.6 Å². The lowest BCUT2D eigenvalue weighted by Gasteiger charge is -2.10. The van der Waals surface area contributed by atoms with Gasteiger partial charge in [0.15, 0.2) is 0 Å². The molecule has 0 spiro atoms. The molecule has 2 heterocycles. The fourth-order valence-electron chi connectivity index (χ4n) is 2.78. The van der Waals surface area contributed by atoms with E-state index in [-0.39, 0.29) is 11.1 Å². The molecule has 0 atom stereocenters. The van der Waals surface area contributed by atoms with Crippen molar-refractivity contribution in [3.63, 3.8) is 0 Å². The molecular weight excluding hydrogens is 328 g/mol. The lowest BCUT2D eigenvalue weighted by Crippen LogP contribution is -2.20. The molecule has 2 aromatic carbocycles. The Morgan fingerprint density at radius 1 is 1.25 bits per heavy atom. The zero-order valence-corrected chi connectivity index (χ0v) is 13.6. The maximum atomic E-state index is 12.7. The molecular formula is C18H13ClN2O3. The number of halogens is 1. The lowest BCUT2D eigenvalue weighted by atomic mass is 10.2. The van der Waals surface area contributed by atoms with Crippen LogP contribution in [0.15, 0.2) is 58.0 Å². The minimum atomic E-state index is -0.238. The zero-order chi connectivity index (χ0) is 16.7. The number of benzene rings is 2. The molecule has 0 amide bonds. The number of nitrogens with zero attached hydrogens (tertiary/aromatic N) is 2. The van der Waals surface area contributed by atoms with Crippen molar-refractivity contribution in [2.24, 2.45) is 0 Å². The molecule has 0 N–H and O–H groups in total. The summed E-state index contributed by atoms with van der Waals surface area (Å²) in [6.07, 6.45) is 1.52. The average Bonchev–Trinajstić information content (AvgIpc) is 2.97. The van der Waals surface area contributed by atoms with Gasteiger partial charge in [-0.25, -0.2) is 4.98 Å². The van der Waals surface area contributed by atoms with Gasteiger partial charge < -0.3 is 9.15 Å². The summed E-state index contributed by atoms with van der Waals surface area (Å²) in [7, 11) is 1.58. The van der Waals surface area contributed by atoms with Crippen molar-refractivity contribution >= 4 is 33.7 Å². The average molecular weight is 341 g/mol. The second kappa shape index (κ2) is 5.69. The number of ether oxygens (including phenoxy) is 1. The van der Waals surface area contributed by atoms with Gasteiger partial charge >= 0.3 is 0 Å². The van der Waals surface area contributed by atoms with Gasteiger partial charge in [0.1, 0.15) is 16.8 Å². The number of aromatic nitrogens is 2. The molecule has 5 nitrogen and oxygen atoms in total. The molecule has 4 rings (SSSR count). The van der Waals surface area contributed by atoms with E-state index in [2.05, 4.69) is 4.98 Å². The minimum absolute atomic E-state index is 0.238. The Balaban J connectivity index is 1.86. The minimum Gasteiger partial charge on any atom is -0.496 e. The van der Waals surface area contributed by atoms with Crippen LogP contribution in [-0.2, 0) is 6.54 Å². The SMILES string of the molecule is COc1ccc(Cl)cc1Cn1cnc2c(oc3ccccc32)c1=O. The number of hydrogen-bond acceptors (Lipinski definition) is 4. The normalized spacial score (nSPS) is 11.2. The van der Waals surface area contributed by atoms with Gasteiger partial charge in [0.05, 0.1) is 20.0 Å². The van der Waals surface area contributed by atoms with Crippen LogP contribution in [0.4, 0.5) is 0 Å². The molecule has 0 aliphatic rings. The van der Waals surface area contributed by atoms with Gasteiger partial charge in [0, 0.05) is 16.0 Å². The second-order valence-corrected chi connectivity index (χ2v) is 5.85. The van der Waals surface area contributed by atoms with Gasteiger partial charge in [0.25, 0.3) is 5.56 Å². The molecule has 0 bridgehead atoms. The summed E-state index contributed by atoms with van der Waals surface area (Å²) in [5, 5.41) is 1.41. The monoisotopic (exact) mass is 340 g/mol. The van der Waals surface area contributed by atoms with Gasteiger partial charge in [-0.2, -0.15) is 0 Å². The highest BCUT2D eigenvalue weighted by atomic mass is 35.5. The molecule has 2 aromatic heterocycles. The Bertz CT molecular complexity index is 1110. The van der Waals surface area contributed by atoms with E-state index in [4.69, 9.17) is 20.8 Å². The third-order valence-electron chi connectivity index (χ3n) is 3.93. The molecule has 120 valence electrons. The van der Waals surface area contributed by atoms with E-state index in [1.54, 1.807) is 25.3 Å². The van der Waals surface area contributed by atoms with Gasteiger partial charge in [-0.3, -0.25) is 9.36 Å². The number of furan rings is 1. The maximum Gasteiger partial charge on any atom is 0.297 e. The van der Waals surface area contributed by atoms with E-state index in [9.17, 15) is 4.79 Å². The van der Waals surface area contributed by atoms with E-state index in [1.165, 1.54) is 10.9 Å². The molecule has 0 saturated heterocycles. The Kier molecular flexibility index (Phi) is 3.50. The summed E-state index contributed by atoms with van der Waals surface area (Å²) in [6.45, 7) is 0.294. The molecule has 24 heavy (non-hydrogen) atoms. The van der Waals surface area contributed by atoms with Crippen LogP contribution in [0, 0.1) is 0 Å². The summed E-state index contributed by atoms with van der Waals surface area (Å²) in [5.74, 6) is 0.663. The van der Waals surface area contributed by atoms with Gasteiger partial charge in [-0.05, 0) is 30.3 Å². The van der Waals surface area contributed by atoms with Crippen LogP contribution in [-0.4, -0.2) is 16.7 Å². The van der Waals surface area contributed by atoms with E-state index in [0.29, 0.717) is 28.4 Å². The van der Waals surface area contributed by atoms with Crippen molar-refractivity contribution in [2.45, 2.75) is 6.54 Å². The number of fused-ring (bicyclic) bond motifs is 3. The molecule has 0 saturated carbocycles. The number of hydrogen-bond donors (Lipinski definition) is 0. The highest BCUT2D eigenvalue weighted by molar-refractivity contribution is 6.30. The molecule has 0 unspecified atom stereocenters. The quantitative estimate of drug-likeness (QED) is 0.568. The fraction of sp³-hybridized carbons (Fsp3) is 0.111. The summed E-state index contributed by atoms with van der Waals surface area (Å²) in [6, 6.07) is 12.7. The van der Waals surface area contributed by atoms with Crippen molar-refractivity contribution in [1.82, 2.24) is 9.55 Å². The van der Waals surface area contributed by atoms with E-state index in [1.807, 2.05) is 24.3 Å². The Morgan fingerprint density at radius 2 is 2.08 bits per heavy atom. The van der Waals surface area contributed by atoms with E-state index in [0.717, 1.165) is 10.9 Å². The standard InChI is InChI=1S/C18H13ClN2O3/c1-23-14-7-6-12(19)8-11(14)9-21-10-20-16-13-4-2-3-5-15(13)24-17(16)18(21)22/h2-8,10H,9H2,1H3. The molecule has 0 fully saturated rings. The fourth-order valence-corrected chi connectivity index (χ4v) is 2.98. The van der Waals surface area contributed by atoms with Crippen molar-refractivity contribution in [3.8, 4) is 5.75 Å². The molecule has 0 aliphatic heterocycles. The summed E-state index contributed by atoms with van der Waals surface area (Å²) >= 11 is 6.05. The van der Waals surface area contributed by atoms with Crippen LogP contribution in [0.2, 0.25) is 5.02 Å². The Morgan fingerprint density at radius 3 is 2.92 bits per heavy atom. The van der Waals surface area contributed by atoms with Crippen molar-refractivity contribution in [3.05, 3.63) is 69.7 Å². The van der Waals surface area contributed by atoms with Crippen molar-refractivity contribution in [2.75, 3.05) is 7.11 Å². The smallest absolute Gasteiger partial charge is 0.297 e. The first-order valence-electron chi connectivity index (χ1n) is 7.36. The number of para-hydroxylation sites is 1. The molecule has 6 heteroatoms. The van der Waals surface area contributed by atoms with Crippen molar-refractivity contribution in [1.29, 1.82) is 0 Å². The predicted molar refractivity (Wildman–Crippen MR) is 92.9 cm³/mol. The van der Waals surface area contributed by atoms with Crippen LogP contribution < -0.4 is 10.3 Å². The summed E-state index contributed by atoms with van der Waals surface area (Å²) in [5.41, 5.74) is 2.03. The van der Waals surface area contributed by atoms with E-state index >= 15 is 0 Å². The second-order valence-electron chi connectivity index (χ2n) is 5.41. The number of rotatable bonds is 3. The molecule has 0 aliphatic carbocycles. The van der Waals surface area contributed by atoms with Crippen LogP contribution in [0.1, 0.15) is 5.56 Å². The molecule has 4 aromatic rings. The Hall–Kier alpha value is -2.79. The Labute approximate surface area is 142 Å². The van der Waals surface area contributed by atoms with Gasteiger partial charge in [0.2, 0.25) is 5.58 Å². The number of methoxy groups -OCH3 is 1. The topological polar surface area (TPSA) is 57.3 Å². The van der Waals surface area contributed by atoms with E-state index < -0.39 is 0 Å². The largest absolute Gasteiger partial charge is 0.496 e. The zero-order valence-electron chi connectivity index (χ0n) is 12.8. The first-order chi connectivity index (χ1) is 11.7. The van der Waals surface area contributed by atoms with Crippen LogP contribution in [0.25, 0.3) is 22.1 Å². The maximum absolute atomic E-state index is 12.7. The van der Waals surface area contributed by atoms with Crippen LogP contribution in [0.5, 0.6) is 5.75 Å². The highest BCUT2D eigenvalue weighted by Gasteiger charge is 2.14.